The summed E-state index contributed by atoms with van der Waals surface area (Å²) in [6, 6.07) is 20.9. The third-order valence-corrected chi connectivity index (χ3v) is 11.0. The number of fused-ring (bicyclic) bond motifs is 1. The monoisotopic (exact) mass is 723 g/mol. The van der Waals surface area contributed by atoms with Gasteiger partial charge in [0.05, 0.1) is 10.6 Å². The molecule has 50 heavy (non-hydrogen) atoms. The first-order valence-electron chi connectivity index (χ1n) is 18.0. The number of nitrogens with zero attached hydrogens (tertiary/aromatic N) is 2. The Balaban J connectivity index is 1.47. The van der Waals surface area contributed by atoms with Crippen molar-refractivity contribution < 1.29 is 26.1 Å². The highest BCUT2D eigenvalue weighted by molar-refractivity contribution is 7.89. The molecule has 0 saturated carbocycles. The van der Waals surface area contributed by atoms with Crippen molar-refractivity contribution in [3.8, 4) is 22.6 Å². The molecule has 0 saturated heterocycles. The number of nitrogens with one attached hydrogen (secondary N) is 1. The van der Waals surface area contributed by atoms with Crippen molar-refractivity contribution in [1.82, 2.24) is 9.40 Å². The molecular formula is C39H53N3O6S2. The summed E-state index contributed by atoms with van der Waals surface area (Å²) in [6.07, 6.45) is 16.6. The molecule has 272 valence electrons. The molecule has 0 unspecified atom stereocenters. The Morgan fingerprint density at radius 2 is 1.30 bits per heavy atom. The van der Waals surface area contributed by atoms with Crippen LogP contribution in [-0.2, 0) is 27.2 Å². The zero-order valence-corrected chi connectivity index (χ0v) is 31.4. The van der Waals surface area contributed by atoms with Crippen LogP contribution >= 0.6 is 0 Å². The second-order valence-electron chi connectivity index (χ2n) is 13.2. The lowest BCUT2D eigenvalue weighted by molar-refractivity contribution is 0.482. The van der Waals surface area contributed by atoms with Gasteiger partial charge in [0.25, 0.3) is 10.1 Å². The van der Waals surface area contributed by atoms with E-state index in [9.17, 15) is 21.4 Å². The molecule has 0 aliphatic carbocycles. The second kappa shape index (κ2) is 19.1. The Labute approximate surface area is 298 Å². The number of hydrogen-bond acceptors (Lipinski definition) is 6. The Bertz CT molecular complexity index is 1970. The van der Waals surface area contributed by atoms with E-state index in [1.807, 2.05) is 49.4 Å². The number of ether oxygens (including phenoxy) is 1. The first-order valence-corrected chi connectivity index (χ1v) is 21.1. The van der Waals surface area contributed by atoms with E-state index < -0.39 is 20.1 Å². The summed E-state index contributed by atoms with van der Waals surface area (Å²) in [5.41, 5.74) is 3.11. The smallest absolute Gasteiger partial charge is 0.294 e. The third kappa shape index (κ3) is 12.0. The molecule has 0 radical (unpaired) electrons. The number of para-hydroxylation sites is 1. The van der Waals surface area contributed by atoms with Crippen LogP contribution in [0, 0.1) is 6.92 Å². The third-order valence-electron chi connectivity index (χ3n) is 9.00. The molecule has 0 atom stereocenters. The summed E-state index contributed by atoms with van der Waals surface area (Å²) in [6.45, 7) is 4.23. The number of hydrogen-bond donors (Lipinski definition) is 2. The van der Waals surface area contributed by atoms with Gasteiger partial charge in [-0.15, -0.1) is 5.10 Å². The summed E-state index contributed by atoms with van der Waals surface area (Å²) in [7, 11) is -6.45. The van der Waals surface area contributed by atoms with Gasteiger partial charge in [-0.2, -0.15) is 8.42 Å². The number of benzene rings is 3. The quantitative estimate of drug-likeness (QED) is 0.0501. The number of pyridine rings is 1. The van der Waals surface area contributed by atoms with Gasteiger partial charge in [0.15, 0.2) is 5.49 Å². The average Bonchev–Trinajstić information content (AvgIpc) is 3.08. The molecule has 0 spiro atoms. The van der Waals surface area contributed by atoms with Crippen LogP contribution in [0.25, 0.3) is 22.0 Å². The number of sulfonamides is 1. The molecule has 4 aromatic rings. The zero-order valence-electron chi connectivity index (χ0n) is 29.7. The Kier molecular flexibility index (Phi) is 14.9. The van der Waals surface area contributed by atoms with Gasteiger partial charge in [0.2, 0.25) is 10.0 Å². The van der Waals surface area contributed by atoms with Crippen LogP contribution in [0.5, 0.6) is 11.5 Å². The SMILES string of the molecule is CCCCCCCCCCCCCCCCS(=O)(=O)NN=c1c(-c2ccccc2Oc2ccc(C)cc2)cc2cc(S(=O)(=O)O)ccc2n1C. The lowest BCUT2D eigenvalue weighted by Crippen LogP contribution is -2.29. The van der Waals surface area contributed by atoms with E-state index in [1.54, 1.807) is 29.8 Å². The predicted molar refractivity (Wildman–Crippen MR) is 202 cm³/mol. The van der Waals surface area contributed by atoms with Gasteiger partial charge >= 0.3 is 0 Å². The molecule has 9 nitrogen and oxygen atoms in total. The van der Waals surface area contributed by atoms with E-state index in [0.717, 1.165) is 24.8 Å². The van der Waals surface area contributed by atoms with E-state index in [1.165, 1.54) is 76.3 Å². The summed E-state index contributed by atoms with van der Waals surface area (Å²) in [4.78, 5) is 2.20. The highest BCUT2D eigenvalue weighted by Crippen LogP contribution is 2.33. The van der Waals surface area contributed by atoms with Gasteiger partial charge in [-0.1, -0.05) is 126 Å². The van der Waals surface area contributed by atoms with Crippen molar-refractivity contribution >= 4 is 31.0 Å². The first-order chi connectivity index (χ1) is 24.0. The molecule has 1 aromatic heterocycles. The maximum Gasteiger partial charge on any atom is 0.294 e. The van der Waals surface area contributed by atoms with Gasteiger partial charge in [-0.05, 0) is 55.8 Å². The van der Waals surface area contributed by atoms with Crippen LogP contribution in [0.3, 0.4) is 0 Å². The molecule has 0 bridgehead atoms. The largest absolute Gasteiger partial charge is 0.457 e. The number of aryl methyl sites for hydroxylation is 2. The minimum atomic E-state index is -4.45. The van der Waals surface area contributed by atoms with Crippen LogP contribution in [0.4, 0.5) is 0 Å². The van der Waals surface area contributed by atoms with Gasteiger partial charge in [0.1, 0.15) is 11.5 Å². The first kappa shape index (κ1) is 39.1. The Hall–Kier alpha value is -3.67. The van der Waals surface area contributed by atoms with E-state index in [0.29, 0.717) is 45.4 Å². The molecular weight excluding hydrogens is 671 g/mol. The van der Waals surface area contributed by atoms with E-state index in [4.69, 9.17) is 4.74 Å². The minimum absolute atomic E-state index is 0.0357. The minimum Gasteiger partial charge on any atom is -0.457 e. The summed E-state index contributed by atoms with van der Waals surface area (Å²) < 4.78 is 67.8. The molecule has 11 heteroatoms. The fraction of sp³-hybridized carbons (Fsp3) is 0.462. The molecule has 0 amide bonds. The number of rotatable bonds is 21. The van der Waals surface area contributed by atoms with Gasteiger partial charge in [0, 0.05) is 29.1 Å². The zero-order chi connectivity index (χ0) is 36.0. The normalized spacial score (nSPS) is 12.4. The molecule has 0 aliphatic heterocycles. The van der Waals surface area contributed by atoms with E-state index in [2.05, 4.69) is 16.9 Å². The summed E-state index contributed by atoms with van der Waals surface area (Å²) in [5, 5.41) is 4.93. The van der Waals surface area contributed by atoms with Crippen LogP contribution in [0.15, 0.2) is 82.8 Å². The van der Waals surface area contributed by atoms with Crippen molar-refractivity contribution in [2.75, 3.05) is 5.75 Å². The second-order valence-corrected chi connectivity index (χ2v) is 16.4. The van der Waals surface area contributed by atoms with E-state index >= 15 is 0 Å². The van der Waals surface area contributed by atoms with Gasteiger partial charge in [-0.3, -0.25) is 4.55 Å². The lowest BCUT2D eigenvalue weighted by atomic mass is 10.0. The van der Waals surface area contributed by atoms with Crippen LogP contribution in [-0.4, -0.2) is 31.7 Å². The molecule has 4 rings (SSSR count). The van der Waals surface area contributed by atoms with Crippen LogP contribution in [0.1, 0.15) is 102 Å². The average molecular weight is 724 g/mol. The van der Waals surface area contributed by atoms with Crippen LogP contribution < -0.4 is 15.1 Å². The molecule has 2 N–H and O–H groups in total. The summed E-state index contributed by atoms with van der Waals surface area (Å²) >= 11 is 0. The number of aromatic nitrogens is 1. The molecule has 1 heterocycles. The lowest BCUT2D eigenvalue weighted by Gasteiger charge is -2.16. The molecule has 3 aromatic carbocycles. The van der Waals surface area contributed by atoms with Crippen molar-refractivity contribution in [1.29, 1.82) is 0 Å². The number of unbranched alkanes of at least 4 members (excludes halogenated alkanes) is 13. The highest BCUT2D eigenvalue weighted by Gasteiger charge is 2.17. The predicted octanol–water partition coefficient (Wildman–Crippen LogP) is 9.41. The maximum atomic E-state index is 13.1. The van der Waals surface area contributed by atoms with Crippen molar-refractivity contribution in [2.24, 2.45) is 12.1 Å². The van der Waals surface area contributed by atoms with Gasteiger partial charge in [-0.25, -0.2) is 13.2 Å². The summed E-state index contributed by atoms with van der Waals surface area (Å²) in [5.74, 6) is 1.09. The maximum absolute atomic E-state index is 13.1. The standard InChI is InChI=1S/C39H53N3O6S2/c1-4-5-6-7-8-9-10-11-12-13-14-15-16-19-28-49(43,44)41-40-39-36(30-32-29-34(50(45,46)47)26-27-37(32)42(39)3)35-20-17-18-21-38(35)48-33-24-22-31(2)23-25-33/h17-18,20-27,29-30,41H,4-16,19,28H2,1-3H3,(H,45,46,47). The molecule has 0 fully saturated rings. The Morgan fingerprint density at radius 1 is 0.720 bits per heavy atom. The van der Waals surface area contributed by atoms with E-state index in [-0.39, 0.29) is 10.6 Å². The van der Waals surface area contributed by atoms with Crippen LogP contribution in [0.2, 0.25) is 0 Å². The Morgan fingerprint density at radius 3 is 1.90 bits per heavy atom. The van der Waals surface area contributed by atoms with Crippen molar-refractivity contribution in [3.63, 3.8) is 0 Å². The fourth-order valence-corrected chi connectivity index (χ4v) is 7.54. The van der Waals surface area contributed by atoms with Crippen molar-refractivity contribution in [3.05, 3.63) is 83.8 Å². The fourth-order valence-electron chi connectivity index (χ4n) is 6.12. The molecule has 0 aliphatic rings. The topological polar surface area (TPSA) is 127 Å². The van der Waals surface area contributed by atoms with Gasteiger partial charge < -0.3 is 9.30 Å². The van der Waals surface area contributed by atoms with Crippen molar-refractivity contribution in [2.45, 2.75) is 109 Å². The highest BCUT2D eigenvalue weighted by atomic mass is 32.2.